The van der Waals surface area contributed by atoms with Gasteiger partial charge in [-0.15, -0.1) is 0 Å². The number of anilines is 1. The van der Waals surface area contributed by atoms with Crippen molar-refractivity contribution >= 4 is 23.2 Å². The summed E-state index contributed by atoms with van der Waals surface area (Å²) < 4.78 is 5.78. The van der Waals surface area contributed by atoms with Crippen LogP contribution in [-0.2, 0) is 11.3 Å². The van der Waals surface area contributed by atoms with E-state index in [9.17, 15) is 4.79 Å². The maximum atomic E-state index is 12.4. The van der Waals surface area contributed by atoms with Crippen molar-refractivity contribution in [2.24, 2.45) is 0 Å². The summed E-state index contributed by atoms with van der Waals surface area (Å²) in [5.41, 5.74) is 2.34. The summed E-state index contributed by atoms with van der Waals surface area (Å²) in [6.45, 7) is 4.69. The van der Waals surface area contributed by atoms with Crippen LogP contribution in [0.5, 0.6) is 5.75 Å². The predicted octanol–water partition coefficient (Wildman–Crippen LogP) is 4.41. The van der Waals surface area contributed by atoms with Gasteiger partial charge in [0.05, 0.1) is 0 Å². The molecule has 1 fully saturated rings. The quantitative estimate of drug-likeness (QED) is 0.782. The van der Waals surface area contributed by atoms with Crippen LogP contribution in [0.2, 0.25) is 5.02 Å². The molecule has 0 aliphatic carbocycles. The Morgan fingerprint density at radius 1 is 1.19 bits per heavy atom. The highest BCUT2D eigenvalue weighted by molar-refractivity contribution is 6.30. The number of halogens is 1. The Kier molecular flexibility index (Phi) is 6.40. The molecule has 5 heteroatoms. The molecule has 4 nitrogen and oxygen atoms in total. The molecule has 0 unspecified atom stereocenters. The molecule has 1 atom stereocenters. The third-order valence-electron chi connectivity index (χ3n) is 4.61. The summed E-state index contributed by atoms with van der Waals surface area (Å²) in [6, 6.07) is 15.5. The molecule has 1 saturated heterocycles. The minimum Gasteiger partial charge on any atom is -0.481 e. The number of ether oxygens (including phenoxy) is 1. The van der Waals surface area contributed by atoms with Crippen molar-refractivity contribution < 1.29 is 9.53 Å². The van der Waals surface area contributed by atoms with Gasteiger partial charge in [0.15, 0.2) is 6.10 Å². The van der Waals surface area contributed by atoms with Gasteiger partial charge in [0.25, 0.3) is 5.91 Å². The molecule has 0 spiro atoms. The van der Waals surface area contributed by atoms with Crippen molar-refractivity contribution in [3.05, 3.63) is 59.1 Å². The molecule has 1 heterocycles. The van der Waals surface area contributed by atoms with Crippen LogP contribution in [-0.4, -0.2) is 25.1 Å². The lowest BCUT2D eigenvalue weighted by molar-refractivity contribution is -0.128. The normalized spacial score (nSPS) is 14.9. The Balaban J connectivity index is 1.53. The summed E-state index contributed by atoms with van der Waals surface area (Å²) in [7, 11) is 0. The lowest BCUT2D eigenvalue weighted by Crippen LogP contribution is -2.37. The van der Waals surface area contributed by atoms with Crippen molar-refractivity contribution in [3.63, 3.8) is 0 Å². The number of benzene rings is 2. The van der Waals surface area contributed by atoms with E-state index in [1.165, 1.54) is 18.5 Å². The topological polar surface area (TPSA) is 41.6 Å². The van der Waals surface area contributed by atoms with Gasteiger partial charge in [-0.25, -0.2) is 0 Å². The number of carbonyl (C=O) groups is 1. The molecule has 1 aliphatic heterocycles. The highest BCUT2D eigenvalue weighted by Crippen LogP contribution is 2.21. The molecular weight excluding hydrogens is 348 g/mol. The van der Waals surface area contributed by atoms with Crippen molar-refractivity contribution in [1.82, 2.24) is 5.32 Å². The molecule has 2 aromatic carbocycles. The summed E-state index contributed by atoms with van der Waals surface area (Å²) in [5, 5.41) is 3.56. The number of nitrogens with one attached hydrogen (secondary N) is 1. The van der Waals surface area contributed by atoms with Crippen molar-refractivity contribution in [2.45, 2.75) is 38.8 Å². The van der Waals surface area contributed by atoms with E-state index < -0.39 is 6.10 Å². The average molecular weight is 373 g/mol. The van der Waals surface area contributed by atoms with Gasteiger partial charge in [0, 0.05) is 30.3 Å². The molecule has 0 radical (unpaired) electrons. The Bertz CT molecular complexity index is 727. The van der Waals surface area contributed by atoms with E-state index in [2.05, 4.69) is 34.5 Å². The molecule has 0 bridgehead atoms. The highest BCUT2D eigenvalue weighted by Gasteiger charge is 2.18. The lowest BCUT2D eigenvalue weighted by Gasteiger charge is -2.19. The van der Waals surface area contributed by atoms with E-state index in [1.807, 2.05) is 13.0 Å². The molecule has 26 heavy (non-hydrogen) atoms. The number of hydrogen-bond acceptors (Lipinski definition) is 3. The van der Waals surface area contributed by atoms with Gasteiger partial charge in [-0.2, -0.15) is 0 Å². The molecule has 138 valence electrons. The van der Waals surface area contributed by atoms with E-state index in [4.69, 9.17) is 16.3 Å². The molecule has 0 aromatic heterocycles. The SMILES string of the molecule is CC[C@H](Oc1cccc(Cl)c1)C(=O)NCc1ccc(N2CCCC2)cc1. The Morgan fingerprint density at radius 2 is 1.92 bits per heavy atom. The minimum atomic E-state index is -0.530. The van der Waals surface area contributed by atoms with Crippen molar-refractivity contribution in [2.75, 3.05) is 18.0 Å². The van der Waals surface area contributed by atoms with Crippen LogP contribution in [0.3, 0.4) is 0 Å². The zero-order valence-electron chi connectivity index (χ0n) is 15.1. The Hall–Kier alpha value is -2.20. The molecule has 3 rings (SSSR count). The number of hydrogen-bond donors (Lipinski definition) is 1. The predicted molar refractivity (Wildman–Crippen MR) is 106 cm³/mol. The summed E-state index contributed by atoms with van der Waals surface area (Å²) in [6.07, 6.45) is 2.59. The summed E-state index contributed by atoms with van der Waals surface area (Å²) in [4.78, 5) is 14.8. The van der Waals surface area contributed by atoms with Gasteiger partial charge in [-0.3, -0.25) is 4.79 Å². The van der Waals surface area contributed by atoms with Crippen LogP contribution in [0, 0.1) is 0 Å². The number of carbonyl (C=O) groups excluding carboxylic acids is 1. The first-order chi connectivity index (χ1) is 12.7. The highest BCUT2D eigenvalue weighted by atomic mass is 35.5. The van der Waals surface area contributed by atoms with Gasteiger partial charge < -0.3 is 15.0 Å². The van der Waals surface area contributed by atoms with E-state index >= 15 is 0 Å². The zero-order chi connectivity index (χ0) is 18.4. The van der Waals surface area contributed by atoms with Crippen LogP contribution in [0.25, 0.3) is 0 Å². The number of rotatable bonds is 7. The smallest absolute Gasteiger partial charge is 0.261 e. The van der Waals surface area contributed by atoms with Crippen molar-refractivity contribution in [3.8, 4) is 5.75 Å². The van der Waals surface area contributed by atoms with Crippen LogP contribution in [0.15, 0.2) is 48.5 Å². The number of nitrogens with zero attached hydrogens (tertiary/aromatic N) is 1. The van der Waals surface area contributed by atoms with Gasteiger partial charge in [0.2, 0.25) is 0 Å². The number of amides is 1. The fourth-order valence-electron chi connectivity index (χ4n) is 3.13. The molecule has 2 aromatic rings. The molecule has 1 aliphatic rings. The van der Waals surface area contributed by atoms with Crippen LogP contribution in [0.1, 0.15) is 31.7 Å². The largest absolute Gasteiger partial charge is 0.481 e. The van der Waals surface area contributed by atoms with Gasteiger partial charge in [-0.05, 0) is 55.2 Å². The first-order valence-electron chi connectivity index (χ1n) is 9.19. The van der Waals surface area contributed by atoms with Crippen LogP contribution < -0.4 is 15.0 Å². The second kappa shape index (κ2) is 8.95. The second-order valence-corrected chi connectivity index (χ2v) is 6.99. The third kappa shape index (κ3) is 4.92. The fraction of sp³-hybridized carbons (Fsp3) is 0.381. The minimum absolute atomic E-state index is 0.115. The zero-order valence-corrected chi connectivity index (χ0v) is 15.8. The standard InChI is InChI=1S/C21H25ClN2O2/c1-2-20(26-19-7-5-6-17(22)14-19)21(25)23-15-16-8-10-18(11-9-16)24-12-3-4-13-24/h5-11,14,20H,2-4,12-13,15H2,1H3,(H,23,25)/t20-/m0/s1. The maximum absolute atomic E-state index is 12.4. The molecule has 1 N–H and O–H groups in total. The Morgan fingerprint density at radius 3 is 2.58 bits per heavy atom. The third-order valence-corrected chi connectivity index (χ3v) is 4.85. The molecule has 0 saturated carbocycles. The first kappa shape index (κ1) is 18.6. The lowest BCUT2D eigenvalue weighted by atomic mass is 10.2. The molecule has 1 amide bonds. The van der Waals surface area contributed by atoms with E-state index in [0.29, 0.717) is 23.7 Å². The van der Waals surface area contributed by atoms with Gasteiger partial charge in [0.1, 0.15) is 5.75 Å². The average Bonchev–Trinajstić information content (AvgIpc) is 3.19. The first-order valence-corrected chi connectivity index (χ1v) is 9.57. The van der Waals surface area contributed by atoms with Crippen LogP contribution in [0.4, 0.5) is 5.69 Å². The summed E-state index contributed by atoms with van der Waals surface area (Å²) in [5.74, 6) is 0.491. The Labute approximate surface area is 160 Å². The van der Waals surface area contributed by atoms with Gasteiger partial charge >= 0.3 is 0 Å². The molecular formula is C21H25ClN2O2. The van der Waals surface area contributed by atoms with E-state index in [1.54, 1.807) is 18.2 Å². The second-order valence-electron chi connectivity index (χ2n) is 6.55. The summed E-state index contributed by atoms with van der Waals surface area (Å²) >= 11 is 5.97. The maximum Gasteiger partial charge on any atom is 0.261 e. The fourth-order valence-corrected chi connectivity index (χ4v) is 3.31. The van der Waals surface area contributed by atoms with E-state index in [-0.39, 0.29) is 5.91 Å². The van der Waals surface area contributed by atoms with E-state index in [0.717, 1.165) is 18.7 Å². The monoisotopic (exact) mass is 372 g/mol. The van der Waals surface area contributed by atoms with Crippen LogP contribution >= 0.6 is 11.6 Å². The van der Waals surface area contributed by atoms with Gasteiger partial charge in [-0.1, -0.05) is 36.7 Å². The van der Waals surface area contributed by atoms with Crippen molar-refractivity contribution in [1.29, 1.82) is 0 Å².